The van der Waals surface area contributed by atoms with E-state index in [1.165, 1.54) is 5.56 Å². The van der Waals surface area contributed by atoms with Gasteiger partial charge in [-0.2, -0.15) is 0 Å². The minimum Gasteiger partial charge on any atom is -0.455 e. The van der Waals surface area contributed by atoms with Crippen LogP contribution in [0.15, 0.2) is 60.7 Å². The lowest BCUT2D eigenvalue weighted by atomic mass is 9.90. The third kappa shape index (κ3) is 4.11. The maximum Gasteiger partial charge on any atom is 0.317 e. The Balaban J connectivity index is 1.23. The smallest absolute Gasteiger partial charge is 0.317 e. The molecule has 28 heavy (non-hydrogen) atoms. The highest BCUT2D eigenvalue weighted by molar-refractivity contribution is 5.89. The normalized spacial score (nSPS) is 18.5. The van der Waals surface area contributed by atoms with Crippen molar-refractivity contribution in [2.75, 3.05) is 19.7 Å². The number of nitrogens with zero attached hydrogens (tertiary/aromatic N) is 1. The Morgan fingerprint density at radius 3 is 2.14 bits per heavy atom. The van der Waals surface area contributed by atoms with Crippen LogP contribution in [0.25, 0.3) is 0 Å². The lowest BCUT2D eigenvalue weighted by Crippen LogP contribution is -2.41. The maximum atomic E-state index is 12.6. The number of amides is 1. The molecular formula is C24H27NO3. The van der Waals surface area contributed by atoms with Gasteiger partial charge in [0.1, 0.15) is 0 Å². The number of rotatable bonds is 6. The first-order chi connectivity index (χ1) is 13.7. The fraction of sp³-hybridized carbons (Fsp3) is 0.417. The summed E-state index contributed by atoms with van der Waals surface area (Å²) < 4.78 is 5.43. The molecule has 0 radical (unpaired) electrons. The predicted octanol–water partition coefficient (Wildman–Crippen LogP) is 3.74. The van der Waals surface area contributed by atoms with Gasteiger partial charge in [0, 0.05) is 13.1 Å². The highest BCUT2D eigenvalue weighted by Crippen LogP contribution is 2.49. The van der Waals surface area contributed by atoms with Crippen molar-refractivity contribution in [1.29, 1.82) is 0 Å². The number of esters is 1. The van der Waals surface area contributed by atoms with Crippen LogP contribution in [0.1, 0.15) is 36.8 Å². The van der Waals surface area contributed by atoms with Gasteiger partial charge in [0.15, 0.2) is 6.61 Å². The van der Waals surface area contributed by atoms with E-state index < -0.39 is 5.41 Å². The summed E-state index contributed by atoms with van der Waals surface area (Å²) in [5, 5.41) is 0. The molecule has 1 saturated carbocycles. The summed E-state index contributed by atoms with van der Waals surface area (Å²) in [6, 6.07) is 20.3. The van der Waals surface area contributed by atoms with Crippen LogP contribution >= 0.6 is 0 Å². The number of ether oxygens (including phenoxy) is 1. The Hall–Kier alpha value is -2.62. The minimum atomic E-state index is -0.524. The van der Waals surface area contributed by atoms with Crippen molar-refractivity contribution in [3.63, 3.8) is 0 Å². The van der Waals surface area contributed by atoms with Crippen LogP contribution in [-0.4, -0.2) is 36.5 Å². The summed E-state index contributed by atoms with van der Waals surface area (Å²) in [5.41, 5.74) is 1.83. The van der Waals surface area contributed by atoms with E-state index in [1.54, 1.807) is 0 Å². The van der Waals surface area contributed by atoms with Crippen molar-refractivity contribution in [2.24, 2.45) is 5.92 Å². The molecular weight excluding hydrogens is 350 g/mol. The summed E-state index contributed by atoms with van der Waals surface area (Å²) in [6.45, 7) is 1.35. The van der Waals surface area contributed by atoms with Gasteiger partial charge in [-0.15, -0.1) is 0 Å². The van der Waals surface area contributed by atoms with E-state index >= 15 is 0 Å². The largest absolute Gasteiger partial charge is 0.455 e. The van der Waals surface area contributed by atoms with E-state index in [2.05, 4.69) is 24.3 Å². The highest BCUT2D eigenvalue weighted by atomic mass is 16.5. The Labute approximate surface area is 166 Å². The number of likely N-dealkylation sites (tertiary alicyclic amines) is 1. The molecule has 2 aliphatic rings. The molecule has 4 nitrogen and oxygen atoms in total. The Morgan fingerprint density at radius 1 is 0.929 bits per heavy atom. The molecule has 0 N–H and O–H groups in total. The van der Waals surface area contributed by atoms with E-state index in [0.717, 1.165) is 50.8 Å². The van der Waals surface area contributed by atoms with Gasteiger partial charge in [0.05, 0.1) is 5.41 Å². The SMILES string of the molecule is O=C(COC(=O)C1(c2ccccc2)CC1)N1CCC(Cc2ccccc2)CC1. The van der Waals surface area contributed by atoms with Gasteiger partial charge in [-0.1, -0.05) is 60.7 Å². The molecule has 0 unspecified atom stereocenters. The Bertz CT molecular complexity index is 806. The van der Waals surface area contributed by atoms with Gasteiger partial charge < -0.3 is 9.64 Å². The zero-order chi connectivity index (χ0) is 19.4. The van der Waals surface area contributed by atoms with E-state index in [9.17, 15) is 9.59 Å². The Morgan fingerprint density at radius 2 is 1.54 bits per heavy atom. The molecule has 2 aromatic carbocycles. The van der Waals surface area contributed by atoms with Crippen molar-refractivity contribution >= 4 is 11.9 Å². The van der Waals surface area contributed by atoms with E-state index in [0.29, 0.717) is 5.92 Å². The van der Waals surface area contributed by atoms with Crippen molar-refractivity contribution in [1.82, 2.24) is 4.90 Å². The number of carbonyl (C=O) groups excluding carboxylic acids is 2. The van der Waals surface area contributed by atoms with E-state index in [-0.39, 0.29) is 18.5 Å². The summed E-state index contributed by atoms with van der Waals surface area (Å²) in [7, 11) is 0. The molecule has 2 fully saturated rings. The molecule has 1 saturated heterocycles. The van der Waals surface area contributed by atoms with Crippen molar-refractivity contribution < 1.29 is 14.3 Å². The molecule has 4 heteroatoms. The lowest BCUT2D eigenvalue weighted by molar-refractivity contribution is -0.154. The number of hydrogen-bond acceptors (Lipinski definition) is 3. The third-order valence-electron chi connectivity index (χ3n) is 6.13. The number of piperidine rings is 1. The van der Waals surface area contributed by atoms with Gasteiger partial charge in [-0.25, -0.2) is 0 Å². The van der Waals surface area contributed by atoms with E-state index in [4.69, 9.17) is 4.74 Å². The van der Waals surface area contributed by atoms with Gasteiger partial charge >= 0.3 is 5.97 Å². The van der Waals surface area contributed by atoms with Crippen LogP contribution in [0.5, 0.6) is 0 Å². The first-order valence-electron chi connectivity index (χ1n) is 10.2. The van der Waals surface area contributed by atoms with E-state index in [1.807, 2.05) is 41.3 Å². The molecule has 0 atom stereocenters. The number of hydrogen-bond donors (Lipinski definition) is 0. The van der Waals surface area contributed by atoms with Gasteiger partial charge in [0.2, 0.25) is 0 Å². The Kier molecular flexibility index (Phi) is 5.47. The average Bonchev–Trinajstić information content (AvgIpc) is 3.56. The summed E-state index contributed by atoms with van der Waals surface area (Å²) in [6.07, 6.45) is 4.67. The second-order valence-corrected chi connectivity index (χ2v) is 8.04. The standard InChI is InChI=1S/C24H27NO3/c26-22(18-28-23(27)24(13-14-24)21-9-5-2-6-10-21)25-15-11-20(12-16-25)17-19-7-3-1-4-8-19/h1-10,20H,11-18H2. The topological polar surface area (TPSA) is 46.6 Å². The fourth-order valence-electron chi connectivity index (χ4n) is 4.18. The summed E-state index contributed by atoms with van der Waals surface area (Å²) in [4.78, 5) is 26.9. The predicted molar refractivity (Wildman–Crippen MR) is 108 cm³/mol. The van der Waals surface area contributed by atoms with Crippen molar-refractivity contribution in [3.8, 4) is 0 Å². The molecule has 2 aromatic rings. The molecule has 1 aliphatic heterocycles. The van der Waals surface area contributed by atoms with Crippen LogP contribution in [0.2, 0.25) is 0 Å². The minimum absolute atomic E-state index is 0.0737. The van der Waals surface area contributed by atoms with Crippen LogP contribution in [0, 0.1) is 5.92 Å². The summed E-state index contributed by atoms with van der Waals surface area (Å²) in [5.74, 6) is 0.281. The third-order valence-corrected chi connectivity index (χ3v) is 6.13. The van der Waals surface area contributed by atoms with Crippen molar-refractivity contribution in [2.45, 2.75) is 37.5 Å². The van der Waals surface area contributed by atoms with Gasteiger partial charge in [0.25, 0.3) is 5.91 Å². The molecule has 1 aliphatic carbocycles. The molecule has 0 spiro atoms. The van der Waals surface area contributed by atoms with Crippen LogP contribution in [0.3, 0.4) is 0 Å². The van der Waals surface area contributed by atoms with Gasteiger partial charge in [-0.05, 0) is 49.1 Å². The van der Waals surface area contributed by atoms with Crippen molar-refractivity contribution in [3.05, 3.63) is 71.8 Å². The second-order valence-electron chi connectivity index (χ2n) is 8.04. The highest BCUT2D eigenvalue weighted by Gasteiger charge is 2.52. The quantitative estimate of drug-likeness (QED) is 0.721. The molecule has 1 amide bonds. The number of benzene rings is 2. The van der Waals surface area contributed by atoms with Crippen LogP contribution < -0.4 is 0 Å². The average molecular weight is 377 g/mol. The zero-order valence-corrected chi connectivity index (χ0v) is 16.2. The summed E-state index contributed by atoms with van der Waals surface area (Å²) >= 11 is 0. The molecule has 4 rings (SSSR count). The molecule has 1 heterocycles. The first-order valence-corrected chi connectivity index (χ1v) is 10.2. The maximum absolute atomic E-state index is 12.6. The zero-order valence-electron chi connectivity index (χ0n) is 16.2. The monoisotopic (exact) mass is 377 g/mol. The van der Waals surface area contributed by atoms with Crippen LogP contribution in [-0.2, 0) is 26.2 Å². The second kappa shape index (κ2) is 8.17. The van der Waals surface area contributed by atoms with Crippen LogP contribution in [0.4, 0.5) is 0 Å². The fourth-order valence-corrected chi connectivity index (χ4v) is 4.18. The first kappa shape index (κ1) is 18.7. The lowest BCUT2D eigenvalue weighted by Gasteiger charge is -2.32. The molecule has 146 valence electrons. The van der Waals surface area contributed by atoms with Gasteiger partial charge in [-0.3, -0.25) is 9.59 Å². The molecule has 0 aromatic heterocycles. The molecule has 0 bridgehead atoms. The number of carbonyl (C=O) groups is 2.